The Morgan fingerprint density at radius 3 is 2.84 bits per heavy atom. The molecule has 2 rings (SSSR count). The predicted molar refractivity (Wildman–Crippen MR) is 65.9 cm³/mol. The van der Waals surface area contributed by atoms with Crippen LogP contribution in [0, 0.1) is 0 Å². The van der Waals surface area contributed by atoms with Crippen LogP contribution in [0.4, 0.5) is 4.79 Å². The molecule has 1 aromatic rings. The van der Waals surface area contributed by atoms with Crippen molar-refractivity contribution in [2.24, 2.45) is 0 Å². The number of hydrogen-bond acceptors (Lipinski definition) is 5. The molecule has 6 nitrogen and oxygen atoms in total. The lowest BCUT2D eigenvalue weighted by atomic mass is 9.97. The number of para-hydroxylation sites is 1. The van der Waals surface area contributed by atoms with Crippen LogP contribution in [0.3, 0.4) is 0 Å². The molecule has 0 aliphatic carbocycles. The van der Waals surface area contributed by atoms with E-state index >= 15 is 0 Å². The number of aliphatic hydroxyl groups is 1. The summed E-state index contributed by atoms with van der Waals surface area (Å²) in [6, 6.07) is 6.91. The molecule has 1 aliphatic heterocycles. The number of benzene rings is 1. The number of carbonyl (C=O) groups is 2. The lowest BCUT2D eigenvalue weighted by Crippen LogP contribution is -2.37. The number of carbonyl (C=O) groups excluding carboxylic acids is 2. The molecule has 1 aromatic carbocycles. The van der Waals surface area contributed by atoms with E-state index in [4.69, 9.17) is 9.47 Å². The van der Waals surface area contributed by atoms with Crippen LogP contribution in [0.5, 0.6) is 5.75 Å². The number of ether oxygens (including phenoxy) is 2. The van der Waals surface area contributed by atoms with Crippen LogP contribution in [-0.2, 0) is 9.53 Å². The average Bonchev–Trinajstić information content (AvgIpc) is 2.86. The Morgan fingerprint density at radius 2 is 2.26 bits per heavy atom. The second-order valence-electron chi connectivity index (χ2n) is 4.08. The smallest absolute Gasteiger partial charge is 0.416 e. The van der Waals surface area contributed by atoms with Crippen LogP contribution in [0.15, 0.2) is 24.3 Å². The van der Waals surface area contributed by atoms with Crippen molar-refractivity contribution in [1.29, 1.82) is 0 Å². The number of cyclic esters (lactones) is 1. The van der Waals surface area contributed by atoms with E-state index < -0.39 is 24.5 Å². The highest BCUT2D eigenvalue weighted by Crippen LogP contribution is 2.28. The van der Waals surface area contributed by atoms with Crippen LogP contribution in [0.1, 0.15) is 11.5 Å². The number of methoxy groups -OCH3 is 1. The van der Waals surface area contributed by atoms with Gasteiger partial charge in [0.15, 0.2) is 0 Å². The monoisotopic (exact) mass is 265 g/mol. The first-order valence-corrected chi connectivity index (χ1v) is 5.91. The van der Waals surface area contributed by atoms with Crippen LogP contribution < -0.4 is 4.74 Å². The highest BCUT2D eigenvalue weighted by Gasteiger charge is 2.35. The van der Waals surface area contributed by atoms with Gasteiger partial charge in [-0.1, -0.05) is 18.2 Å². The predicted octanol–water partition coefficient (Wildman–Crippen LogP) is 0.750. The highest BCUT2D eigenvalue weighted by molar-refractivity contribution is 5.97. The lowest BCUT2D eigenvalue weighted by Gasteiger charge is -2.20. The zero-order valence-corrected chi connectivity index (χ0v) is 10.5. The molecule has 1 unspecified atom stereocenters. The molecule has 1 atom stereocenters. The van der Waals surface area contributed by atoms with Crippen LogP contribution in [-0.4, -0.2) is 48.9 Å². The molecule has 0 aromatic heterocycles. The van der Waals surface area contributed by atoms with Gasteiger partial charge in [0.05, 0.1) is 26.2 Å². The number of hydrogen-bond donors (Lipinski definition) is 1. The first-order chi connectivity index (χ1) is 9.19. The molecule has 102 valence electrons. The summed E-state index contributed by atoms with van der Waals surface area (Å²) in [5.41, 5.74) is 0.553. The van der Waals surface area contributed by atoms with Crippen LogP contribution >= 0.6 is 0 Å². The third-order valence-corrected chi connectivity index (χ3v) is 3.02. The van der Waals surface area contributed by atoms with E-state index in [2.05, 4.69) is 0 Å². The Balaban J connectivity index is 2.29. The van der Waals surface area contributed by atoms with Gasteiger partial charge in [0, 0.05) is 5.56 Å². The number of amides is 2. The lowest BCUT2D eigenvalue weighted by molar-refractivity contribution is -0.130. The summed E-state index contributed by atoms with van der Waals surface area (Å²) in [4.78, 5) is 24.7. The topological polar surface area (TPSA) is 76.1 Å². The minimum Gasteiger partial charge on any atom is -0.496 e. The molecule has 1 aliphatic rings. The van der Waals surface area contributed by atoms with Crippen molar-refractivity contribution in [1.82, 2.24) is 4.90 Å². The summed E-state index contributed by atoms with van der Waals surface area (Å²) in [5.74, 6) is -0.807. The van der Waals surface area contributed by atoms with E-state index in [0.717, 1.165) is 4.90 Å². The first-order valence-electron chi connectivity index (χ1n) is 5.91. The molecule has 0 radical (unpaired) electrons. The average molecular weight is 265 g/mol. The van der Waals surface area contributed by atoms with Gasteiger partial charge in [-0.2, -0.15) is 0 Å². The van der Waals surface area contributed by atoms with Gasteiger partial charge < -0.3 is 14.6 Å². The summed E-state index contributed by atoms with van der Waals surface area (Å²) >= 11 is 0. The molecule has 6 heteroatoms. The third kappa shape index (κ3) is 2.53. The quantitative estimate of drug-likeness (QED) is 0.869. The second kappa shape index (κ2) is 5.71. The molecular weight excluding hydrogens is 250 g/mol. The van der Waals surface area contributed by atoms with E-state index in [-0.39, 0.29) is 13.2 Å². The standard InChI is InChI=1S/C13H15NO5/c1-18-11-5-3-2-4-9(11)10(8-15)12(16)14-6-7-19-13(14)17/h2-5,10,15H,6-8H2,1H3. The van der Waals surface area contributed by atoms with E-state index in [1.165, 1.54) is 7.11 Å². The van der Waals surface area contributed by atoms with Gasteiger partial charge in [-0.3, -0.25) is 4.79 Å². The third-order valence-electron chi connectivity index (χ3n) is 3.02. The Bertz CT molecular complexity index is 488. The van der Waals surface area contributed by atoms with Gasteiger partial charge in [0.2, 0.25) is 5.91 Å². The highest BCUT2D eigenvalue weighted by atomic mass is 16.6. The molecule has 19 heavy (non-hydrogen) atoms. The van der Waals surface area contributed by atoms with Crippen molar-refractivity contribution >= 4 is 12.0 Å². The summed E-state index contributed by atoms with van der Waals surface area (Å²) in [6.07, 6.45) is -0.668. The van der Waals surface area contributed by atoms with Gasteiger partial charge in [-0.05, 0) is 6.07 Å². The molecule has 2 amide bonds. The fraction of sp³-hybridized carbons (Fsp3) is 0.385. The Morgan fingerprint density at radius 1 is 1.53 bits per heavy atom. The molecule has 0 spiro atoms. The summed E-state index contributed by atoms with van der Waals surface area (Å²) in [5, 5.41) is 9.46. The van der Waals surface area contributed by atoms with Gasteiger partial charge in [0.25, 0.3) is 0 Å². The summed E-state index contributed by atoms with van der Waals surface area (Å²) in [7, 11) is 1.49. The van der Waals surface area contributed by atoms with Gasteiger partial charge in [0.1, 0.15) is 12.4 Å². The number of rotatable bonds is 4. The van der Waals surface area contributed by atoms with Gasteiger partial charge >= 0.3 is 6.09 Å². The zero-order chi connectivity index (χ0) is 13.8. The molecule has 0 saturated carbocycles. The van der Waals surface area contributed by atoms with E-state index in [9.17, 15) is 14.7 Å². The van der Waals surface area contributed by atoms with Crippen molar-refractivity contribution in [3.63, 3.8) is 0 Å². The summed E-state index contributed by atoms with van der Waals surface area (Å²) in [6.45, 7) is 0.000941. The molecule has 1 fully saturated rings. The fourth-order valence-electron chi connectivity index (χ4n) is 2.05. The van der Waals surface area contributed by atoms with Gasteiger partial charge in [-0.25, -0.2) is 9.69 Å². The molecule has 1 N–H and O–H groups in total. The van der Waals surface area contributed by atoms with Crippen molar-refractivity contribution in [3.05, 3.63) is 29.8 Å². The number of aliphatic hydroxyl groups excluding tert-OH is 1. The molecular formula is C13H15NO5. The van der Waals surface area contributed by atoms with Crippen molar-refractivity contribution in [3.8, 4) is 5.75 Å². The van der Waals surface area contributed by atoms with Crippen LogP contribution in [0.25, 0.3) is 0 Å². The number of nitrogens with zero attached hydrogens (tertiary/aromatic N) is 1. The maximum atomic E-state index is 12.3. The van der Waals surface area contributed by atoms with Gasteiger partial charge in [-0.15, -0.1) is 0 Å². The van der Waals surface area contributed by atoms with Crippen molar-refractivity contribution in [2.45, 2.75) is 5.92 Å². The minimum atomic E-state index is -0.832. The summed E-state index contributed by atoms with van der Waals surface area (Å²) < 4.78 is 9.90. The van der Waals surface area contributed by atoms with E-state index in [1.807, 2.05) is 0 Å². The number of imide groups is 1. The SMILES string of the molecule is COc1ccccc1C(CO)C(=O)N1CCOC1=O. The fourth-order valence-corrected chi connectivity index (χ4v) is 2.05. The Hall–Kier alpha value is -2.08. The van der Waals surface area contributed by atoms with Crippen molar-refractivity contribution in [2.75, 3.05) is 26.9 Å². The Labute approximate surface area is 110 Å². The second-order valence-corrected chi connectivity index (χ2v) is 4.08. The Kier molecular flexibility index (Phi) is 4.01. The van der Waals surface area contributed by atoms with Crippen LogP contribution in [0.2, 0.25) is 0 Å². The maximum absolute atomic E-state index is 12.3. The molecule has 0 bridgehead atoms. The normalized spacial score (nSPS) is 16.1. The van der Waals surface area contributed by atoms with E-state index in [0.29, 0.717) is 11.3 Å². The van der Waals surface area contributed by atoms with Crippen molar-refractivity contribution < 1.29 is 24.2 Å². The zero-order valence-electron chi connectivity index (χ0n) is 10.5. The largest absolute Gasteiger partial charge is 0.496 e. The van der Waals surface area contributed by atoms with E-state index in [1.54, 1.807) is 24.3 Å². The minimum absolute atomic E-state index is 0.189. The molecule has 1 heterocycles. The molecule has 1 saturated heterocycles. The first kappa shape index (κ1) is 13.4. The maximum Gasteiger partial charge on any atom is 0.416 e.